The van der Waals surface area contributed by atoms with E-state index in [0.717, 1.165) is 40.4 Å². The van der Waals surface area contributed by atoms with E-state index in [1.54, 1.807) is 6.08 Å². The molecule has 1 aliphatic rings. The SMILES string of the molecule is CCOc1ccccc1/C=C/C(=O)OCc1cc2c(cc1OCC)CC(C)O2. The van der Waals surface area contributed by atoms with Gasteiger partial charge in [0.15, 0.2) is 0 Å². The van der Waals surface area contributed by atoms with Gasteiger partial charge in [0.2, 0.25) is 0 Å². The van der Waals surface area contributed by atoms with E-state index in [0.29, 0.717) is 13.2 Å². The predicted octanol–water partition coefficient (Wildman–Crippen LogP) is 4.56. The van der Waals surface area contributed by atoms with E-state index in [1.165, 1.54) is 6.08 Å². The summed E-state index contributed by atoms with van der Waals surface area (Å²) in [6.07, 6.45) is 4.11. The Labute approximate surface area is 165 Å². The Bertz CT molecular complexity index is 856. The van der Waals surface area contributed by atoms with Gasteiger partial charge in [0, 0.05) is 29.2 Å². The summed E-state index contributed by atoms with van der Waals surface area (Å²) in [5.74, 6) is 1.88. The average Bonchev–Trinajstić information content (AvgIpc) is 3.04. The highest BCUT2D eigenvalue weighted by Crippen LogP contribution is 2.35. The number of para-hydroxylation sites is 1. The van der Waals surface area contributed by atoms with E-state index in [4.69, 9.17) is 18.9 Å². The second-order valence-corrected chi connectivity index (χ2v) is 6.55. The van der Waals surface area contributed by atoms with Crippen molar-refractivity contribution >= 4 is 12.0 Å². The second kappa shape index (κ2) is 9.31. The highest BCUT2D eigenvalue weighted by Gasteiger charge is 2.22. The van der Waals surface area contributed by atoms with E-state index >= 15 is 0 Å². The lowest BCUT2D eigenvalue weighted by molar-refractivity contribution is -0.138. The Balaban J connectivity index is 1.67. The summed E-state index contributed by atoms with van der Waals surface area (Å²) in [7, 11) is 0. The third-order valence-corrected chi connectivity index (χ3v) is 4.37. The van der Waals surface area contributed by atoms with Gasteiger partial charge in [-0.05, 0) is 45.0 Å². The van der Waals surface area contributed by atoms with E-state index in [1.807, 2.05) is 57.2 Å². The van der Waals surface area contributed by atoms with Crippen LogP contribution in [0.15, 0.2) is 42.5 Å². The lowest BCUT2D eigenvalue weighted by Gasteiger charge is -2.12. The van der Waals surface area contributed by atoms with Crippen molar-refractivity contribution in [3.05, 3.63) is 59.2 Å². The molecule has 0 fully saturated rings. The van der Waals surface area contributed by atoms with Gasteiger partial charge in [-0.15, -0.1) is 0 Å². The van der Waals surface area contributed by atoms with Crippen LogP contribution in [0.4, 0.5) is 0 Å². The number of hydrogen-bond acceptors (Lipinski definition) is 5. The maximum absolute atomic E-state index is 12.2. The molecule has 0 saturated carbocycles. The number of esters is 1. The zero-order valence-electron chi connectivity index (χ0n) is 16.6. The topological polar surface area (TPSA) is 54.0 Å². The van der Waals surface area contributed by atoms with Gasteiger partial charge in [0.25, 0.3) is 0 Å². The number of ether oxygens (including phenoxy) is 4. The van der Waals surface area contributed by atoms with Crippen LogP contribution in [0.25, 0.3) is 6.08 Å². The van der Waals surface area contributed by atoms with Gasteiger partial charge in [0.05, 0.1) is 13.2 Å². The first-order valence-corrected chi connectivity index (χ1v) is 9.62. The molecule has 2 aromatic rings. The molecule has 0 aliphatic carbocycles. The molecule has 1 aliphatic heterocycles. The molecule has 1 atom stereocenters. The first-order valence-electron chi connectivity index (χ1n) is 9.62. The van der Waals surface area contributed by atoms with Gasteiger partial charge in [-0.1, -0.05) is 18.2 Å². The van der Waals surface area contributed by atoms with E-state index in [9.17, 15) is 4.79 Å². The average molecular weight is 382 g/mol. The number of rotatable bonds is 8. The molecule has 0 bridgehead atoms. The maximum atomic E-state index is 12.2. The summed E-state index contributed by atoms with van der Waals surface area (Å²) < 4.78 is 22.5. The number of fused-ring (bicyclic) bond motifs is 1. The van der Waals surface area contributed by atoms with Gasteiger partial charge in [-0.3, -0.25) is 0 Å². The Morgan fingerprint density at radius 2 is 1.89 bits per heavy atom. The minimum Gasteiger partial charge on any atom is -0.493 e. The minimum atomic E-state index is -0.427. The van der Waals surface area contributed by atoms with Crippen LogP contribution in [-0.2, 0) is 22.6 Å². The van der Waals surface area contributed by atoms with Crippen LogP contribution >= 0.6 is 0 Å². The van der Waals surface area contributed by atoms with E-state index < -0.39 is 5.97 Å². The molecule has 0 amide bonds. The van der Waals surface area contributed by atoms with Crippen molar-refractivity contribution in [2.45, 2.75) is 39.9 Å². The van der Waals surface area contributed by atoms with Crippen molar-refractivity contribution in [3.63, 3.8) is 0 Å². The zero-order chi connectivity index (χ0) is 19.9. The van der Waals surface area contributed by atoms with Crippen LogP contribution in [0, 0.1) is 0 Å². The first kappa shape index (κ1) is 19.8. The molecule has 1 heterocycles. The van der Waals surface area contributed by atoms with Crippen LogP contribution in [0.2, 0.25) is 0 Å². The normalized spacial score (nSPS) is 15.2. The molecule has 5 heteroatoms. The Hall–Kier alpha value is -2.95. The van der Waals surface area contributed by atoms with E-state index in [-0.39, 0.29) is 12.7 Å². The van der Waals surface area contributed by atoms with Crippen molar-refractivity contribution in [1.82, 2.24) is 0 Å². The molecule has 148 valence electrons. The summed E-state index contributed by atoms with van der Waals surface area (Å²) in [4.78, 5) is 12.2. The number of carbonyl (C=O) groups excluding carboxylic acids is 1. The second-order valence-electron chi connectivity index (χ2n) is 6.55. The third-order valence-electron chi connectivity index (χ3n) is 4.37. The van der Waals surface area contributed by atoms with Crippen molar-refractivity contribution < 1.29 is 23.7 Å². The lowest BCUT2D eigenvalue weighted by atomic mass is 10.1. The quantitative estimate of drug-likeness (QED) is 0.495. The molecule has 5 nitrogen and oxygen atoms in total. The third kappa shape index (κ3) is 4.85. The first-order chi connectivity index (χ1) is 13.6. The largest absolute Gasteiger partial charge is 0.493 e. The van der Waals surface area contributed by atoms with Gasteiger partial charge in [-0.2, -0.15) is 0 Å². The molecule has 28 heavy (non-hydrogen) atoms. The zero-order valence-corrected chi connectivity index (χ0v) is 16.6. The molecule has 0 radical (unpaired) electrons. The molecule has 2 aromatic carbocycles. The molecule has 0 saturated heterocycles. The summed E-state index contributed by atoms with van der Waals surface area (Å²) in [5.41, 5.74) is 2.75. The number of benzene rings is 2. The van der Waals surface area contributed by atoms with Gasteiger partial charge >= 0.3 is 5.97 Å². The number of carbonyl (C=O) groups is 1. The van der Waals surface area contributed by atoms with E-state index in [2.05, 4.69) is 0 Å². The molecule has 0 spiro atoms. The van der Waals surface area contributed by atoms with Crippen LogP contribution in [-0.4, -0.2) is 25.3 Å². The summed E-state index contributed by atoms with van der Waals surface area (Å²) >= 11 is 0. The lowest BCUT2D eigenvalue weighted by Crippen LogP contribution is -2.05. The molecule has 3 rings (SSSR count). The summed E-state index contributed by atoms with van der Waals surface area (Å²) in [6.45, 7) is 7.12. The maximum Gasteiger partial charge on any atom is 0.331 e. The molecular formula is C23H26O5. The molecule has 0 N–H and O–H groups in total. The fourth-order valence-electron chi connectivity index (χ4n) is 3.14. The van der Waals surface area contributed by atoms with Crippen LogP contribution < -0.4 is 14.2 Å². The van der Waals surface area contributed by atoms with Crippen molar-refractivity contribution in [2.75, 3.05) is 13.2 Å². The molecular weight excluding hydrogens is 356 g/mol. The van der Waals surface area contributed by atoms with Crippen LogP contribution in [0.1, 0.15) is 37.5 Å². The van der Waals surface area contributed by atoms with Gasteiger partial charge in [-0.25, -0.2) is 4.79 Å². The minimum absolute atomic E-state index is 0.122. The smallest absolute Gasteiger partial charge is 0.331 e. The summed E-state index contributed by atoms with van der Waals surface area (Å²) in [5, 5.41) is 0. The highest BCUT2D eigenvalue weighted by atomic mass is 16.5. The van der Waals surface area contributed by atoms with Crippen molar-refractivity contribution in [2.24, 2.45) is 0 Å². The fraction of sp³-hybridized carbons (Fsp3) is 0.348. The Morgan fingerprint density at radius 1 is 1.14 bits per heavy atom. The number of hydrogen-bond donors (Lipinski definition) is 0. The van der Waals surface area contributed by atoms with Crippen LogP contribution in [0.3, 0.4) is 0 Å². The Morgan fingerprint density at radius 3 is 2.68 bits per heavy atom. The molecule has 1 unspecified atom stereocenters. The standard InChI is InChI=1S/C23H26O5/c1-4-25-20-9-7-6-8-17(20)10-11-23(24)27-15-19-14-22-18(12-16(3)28-22)13-21(19)26-5-2/h6-11,13-14,16H,4-5,12,15H2,1-3H3/b11-10+. The fourth-order valence-corrected chi connectivity index (χ4v) is 3.14. The summed E-state index contributed by atoms with van der Waals surface area (Å²) in [6, 6.07) is 11.4. The Kier molecular flexibility index (Phi) is 6.58. The van der Waals surface area contributed by atoms with Gasteiger partial charge < -0.3 is 18.9 Å². The van der Waals surface area contributed by atoms with Gasteiger partial charge in [0.1, 0.15) is 30.0 Å². The van der Waals surface area contributed by atoms with Crippen LogP contribution in [0.5, 0.6) is 17.2 Å². The highest BCUT2D eigenvalue weighted by molar-refractivity contribution is 5.87. The van der Waals surface area contributed by atoms with Crippen molar-refractivity contribution in [3.8, 4) is 17.2 Å². The molecule has 0 aromatic heterocycles. The van der Waals surface area contributed by atoms with Crippen molar-refractivity contribution in [1.29, 1.82) is 0 Å². The predicted molar refractivity (Wildman–Crippen MR) is 108 cm³/mol. The monoisotopic (exact) mass is 382 g/mol.